The summed E-state index contributed by atoms with van der Waals surface area (Å²) < 4.78 is 10.8. The molecule has 1 saturated carbocycles. The van der Waals surface area contributed by atoms with Crippen molar-refractivity contribution in [1.82, 2.24) is 0 Å². The summed E-state index contributed by atoms with van der Waals surface area (Å²) in [5.41, 5.74) is 2.73. The summed E-state index contributed by atoms with van der Waals surface area (Å²) in [5.74, 6) is 1.49. The second-order valence-electron chi connectivity index (χ2n) is 9.51. The molecule has 0 N–H and O–H groups in total. The molecule has 1 aromatic rings. The van der Waals surface area contributed by atoms with Crippen LogP contribution in [0.2, 0.25) is 0 Å². The minimum Gasteiger partial charge on any atom is -0.427 e. The summed E-state index contributed by atoms with van der Waals surface area (Å²) in [6.45, 7) is 12.3. The van der Waals surface area contributed by atoms with Crippen LogP contribution < -0.4 is 9.47 Å². The lowest BCUT2D eigenvalue weighted by molar-refractivity contribution is -0.133. The molecular weight excluding hydrogens is 364 g/mol. The first-order chi connectivity index (χ1) is 13.6. The molecule has 158 valence electrons. The number of rotatable bonds is 4. The van der Waals surface area contributed by atoms with Crippen molar-refractivity contribution >= 4 is 11.9 Å². The molecule has 29 heavy (non-hydrogen) atoms. The number of esters is 2. The molecule has 0 aliphatic heterocycles. The van der Waals surface area contributed by atoms with Gasteiger partial charge in [-0.1, -0.05) is 32.4 Å². The Hall–Kier alpha value is -2.10. The highest BCUT2D eigenvalue weighted by atomic mass is 16.5. The van der Waals surface area contributed by atoms with Gasteiger partial charge in [-0.2, -0.15) is 0 Å². The lowest BCUT2D eigenvalue weighted by Crippen LogP contribution is -2.50. The highest BCUT2D eigenvalue weighted by Gasteiger charge is 2.53. The Morgan fingerprint density at radius 3 is 2.45 bits per heavy atom. The van der Waals surface area contributed by atoms with Crippen molar-refractivity contribution in [2.45, 2.75) is 73.6 Å². The quantitative estimate of drug-likeness (QED) is 0.361. The molecule has 0 aromatic heterocycles. The van der Waals surface area contributed by atoms with Crippen molar-refractivity contribution in [3.8, 4) is 11.5 Å². The maximum Gasteiger partial charge on any atom is 0.308 e. The standard InChI is InChI=1S/C25H34O4/c1-16-8-7-9-23-24(16,5)13-12-17(2)25(23,6)15-20-14-21(28-18(3)26)10-11-22(20)29-19(4)27/h8,10-11,14,17,23H,7,9,12-13,15H2,1-6H3/t17-,23?,24+,25+/m0/s1. The molecule has 0 heterocycles. The summed E-state index contributed by atoms with van der Waals surface area (Å²) in [6.07, 6.45) is 7.92. The smallest absolute Gasteiger partial charge is 0.308 e. The molecule has 0 saturated heterocycles. The first-order valence-electron chi connectivity index (χ1n) is 10.7. The average molecular weight is 399 g/mol. The number of ether oxygens (including phenoxy) is 2. The molecular formula is C25H34O4. The highest BCUT2D eigenvalue weighted by molar-refractivity contribution is 5.71. The number of benzene rings is 1. The van der Waals surface area contributed by atoms with Gasteiger partial charge in [0, 0.05) is 13.8 Å². The van der Waals surface area contributed by atoms with Crippen LogP contribution in [0.25, 0.3) is 0 Å². The van der Waals surface area contributed by atoms with Gasteiger partial charge in [0.1, 0.15) is 11.5 Å². The minimum atomic E-state index is -0.353. The van der Waals surface area contributed by atoms with Gasteiger partial charge in [-0.05, 0) is 85.5 Å². The molecule has 2 aliphatic carbocycles. The Morgan fingerprint density at radius 2 is 1.79 bits per heavy atom. The van der Waals surface area contributed by atoms with E-state index >= 15 is 0 Å². The van der Waals surface area contributed by atoms with E-state index in [2.05, 4.69) is 33.8 Å². The van der Waals surface area contributed by atoms with Gasteiger partial charge in [-0.25, -0.2) is 0 Å². The fourth-order valence-corrected chi connectivity index (χ4v) is 5.80. The van der Waals surface area contributed by atoms with Crippen LogP contribution in [0.3, 0.4) is 0 Å². The molecule has 0 amide bonds. The molecule has 0 bridgehead atoms. The van der Waals surface area contributed by atoms with E-state index in [0.717, 1.165) is 18.4 Å². The lowest BCUT2D eigenvalue weighted by Gasteiger charge is -2.58. The normalized spacial score (nSPS) is 31.4. The second-order valence-corrected chi connectivity index (χ2v) is 9.51. The molecule has 1 unspecified atom stereocenters. The number of fused-ring (bicyclic) bond motifs is 1. The zero-order valence-electron chi connectivity index (χ0n) is 18.6. The third-order valence-electron chi connectivity index (χ3n) is 7.71. The second kappa shape index (κ2) is 7.97. The third kappa shape index (κ3) is 4.12. The Labute approximate surface area is 174 Å². The topological polar surface area (TPSA) is 52.6 Å². The van der Waals surface area contributed by atoms with Gasteiger partial charge < -0.3 is 9.47 Å². The van der Waals surface area contributed by atoms with E-state index in [1.54, 1.807) is 12.1 Å². The first-order valence-corrected chi connectivity index (χ1v) is 10.7. The largest absolute Gasteiger partial charge is 0.427 e. The highest BCUT2D eigenvalue weighted by Crippen LogP contribution is 2.61. The predicted molar refractivity (Wildman–Crippen MR) is 114 cm³/mol. The van der Waals surface area contributed by atoms with Crippen molar-refractivity contribution in [1.29, 1.82) is 0 Å². The predicted octanol–water partition coefficient (Wildman–Crippen LogP) is 5.88. The van der Waals surface area contributed by atoms with E-state index in [4.69, 9.17) is 9.47 Å². The molecule has 4 nitrogen and oxygen atoms in total. The molecule has 2 aliphatic rings. The van der Waals surface area contributed by atoms with Crippen LogP contribution in [0.15, 0.2) is 29.8 Å². The number of hydrogen-bond donors (Lipinski definition) is 0. The summed E-state index contributed by atoms with van der Waals surface area (Å²) in [4.78, 5) is 23.1. The lowest BCUT2D eigenvalue weighted by atomic mass is 9.47. The maximum absolute atomic E-state index is 11.7. The van der Waals surface area contributed by atoms with E-state index in [0.29, 0.717) is 23.3 Å². The Balaban J connectivity index is 2.02. The van der Waals surface area contributed by atoms with Crippen molar-refractivity contribution in [2.24, 2.45) is 22.7 Å². The molecule has 4 heteroatoms. The summed E-state index contributed by atoms with van der Waals surface area (Å²) in [6, 6.07) is 5.31. The SMILES string of the molecule is CC(=O)Oc1ccc(OC(C)=O)c(C[C@@]2(C)C3CCC=C(C)[C@@]3(C)CC[C@@H]2C)c1. The number of carbonyl (C=O) groups is 2. The van der Waals surface area contributed by atoms with E-state index < -0.39 is 0 Å². The fourth-order valence-electron chi connectivity index (χ4n) is 5.80. The van der Waals surface area contributed by atoms with Gasteiger partial charge in [0.15, 0.2) is 0 Å². The van der Waals surface area contributed by atoms with E-state index in [-0.39, 0.29) is 22.8 Å². The zero-order valence-corrected chi connectivity index (χ0v) is 18.6. The van der Waals surface area contributed by atoms with Crippen molar-refractivity contribution in [3.05, 3.63) is 35.4 Å². The van der Waals surface area contributed by atoms with Crippen LogP contribution in [0.5, 0.6) is 11.5 Å². The Kier molecular flexibility index (Phi) is 5.93. The van der Waals surface area contributed by atoms with Gasteiger partial charge in [0.05, 0.1) is 0 Å². The molecule has 0 spiro atoms. The van der Waals surface area contributed by atoms with Gasteiger partial charge >= 0.3 is 11.9 Å². The minimum absolute atomic E-state index is 0.0618. The molecule has 3 rings (SSSR count). The summed E-state index contributed by atoms with van der Waals surface area (Å²) >= 11 is 0. The number of hydrogen-bond acceptors (Lipinski definition) is 4. The fraction of sp³-hybridized carbons (Fsp3) is 0.600. The van der Waals surface area contributed by atoms with Gasteiger partial charge in [0.25, 0.3) is 0 Å². The van der Waals surface area contributed by atoms with Crippen LogP contribution in [-0.2, 0) is 16.0 Å². The van der Waals surface area contributed by atoms with E-state index in [9.17, 15) is 9.59 Å². The van der Waals surface area contributed by atoms with Crippen LogP contribution in [0, 0.1) is 22.7 Å². The molecule has 4 atom stereocenters. The van der Waals surface area contributed by atoms with Crippen LogP contribution in [0.1, 0.15) is 72.8 Å². The Morgan fingerprint density at radius 1 is 1.10 bits per heavy atom. The van der Waals surface area contributed by atoms with Crippen molar-refractivity contribution in [2.75, 3.05) is 0 Å². The van der Waals surface area contributed by atoms with Crippen molar-refractivity contribution < 1.29 is 19.1 Å². The first kappa shape index (κ1) is 21.6. The molecule has 1 fully saturated rings. The average Bonchev–Trinajstić information content (AvgIpc) is 2.62. The maximum atomic E-state index is 11.7. The van der Waals surface area contributed by atoms with Crippen LogP contribution >= 0.6 is 0 Å². The Bertz CT molecular complexity index is 839. The van der Waals surface area contributed by atoms with Crippen LogP contribution in [-0.4, -0.2) is 11.9 Å². The van der Waals surface area contributed by atoms with Gasteiger partial charge in [-0.3, -0.25) is 9.59 Å². The van der Waals surface area contributed by atoms with Crippen LogP contribution in [0.4, 0.5) is 0 Å². The zero-order chi connectivity index (χ0) is 21.4. The van der Waals surface area contributed by atoms with E-state index in [1.807, 2.05) is 6.07 Å². The summed E-state index contributed by atoms with van der Waals surface area (Å²) in [5, 5.41) is 0. The third-order valence-corrected chi connectivity index (χ3v) is 7.71. The number of allylic oxidation sites excluding steroid dienone is 2. The molecule has 0 radical (unpaired) electrons. The van der Waals surface area contributed by atoms with Gasteiger partial charge in [-0.15, -0.1) is 0 Å². The van der Waals surface area contributed by atoms with E-state index in [1.165, 1.54) is 38.7 Å². The van der Waals surface area contributed by atoms with Gasteiger partial charge in [0.2, 0.25) is 0 Å². The monoisotopic (exact) mass is 398 g/mol. The summed E-state index contributed by atoms with van der Waals surface area (Å²) in [7, 11) is 0. The number of carbonyl (C=O) groups excluding carboxylic acids is 2. The molecule has 1 aromatic carbocycles. The van der Waals surface area contributed by atoms with Crippen molar-refractivity contribution in [3.63, 3.8) is 0 Å².